The van der Waals surface area contributed by atoms with Gasteiger partial charge in [-0.05, 0) is 72.9 Å². The standard InChI is InChI=1S/C36H38FN5O3/c1-2-30(43)21-25-7-6-8-27(19-25)35-28(20-26-9-11-32(31(37)22-26)42-15-17-45-18-16-42)24-38-36(40-35)39-29-10-12-34(44)33(23-29)41-13-4-3-5-14-41/h2,6-12,19,22-24,44H,1,3-5,13-18,20-21H2,(H,38,39,40). The summed E-state index contributed by atoms with van der Waals surface area (Å²) >= 11 is 0. The average molecular weight is 608 g/mol. The smallest absolute Gasteiger partial charge is 0.227 e. The van der Waals surface area contributed by atoms with E-state index in [9.17, 15) is 9.90 Å². The summed E-state index contributed by atoms with van der Waals surface area (Å²) in [7, 11) is 0. The Hall–Kier alpha value is -4.76. The van der Waals surface area contributed by atoms with E-state index in [-0.39, 0.29) is 23.8 Å². The number of piperidine rings is 1. The summed E-state index contributed by atoms with van der Waals surface area (Å²) in [5, 5.41) is 13.9. The second-order valence-corrected chi connectivity index (χ2v) is 11.6. The van der Waals surface area contributed by atoms with Gasteiger partial charge in [0.15, 0.2) is 5.78 Å². The minimum Gasteiger partial charge on any atom is -0.506 e. The molecular weight excluding hydrogens is 569 g/mol. The number of carbonyl (C=O) groups excluding carboxylic acids is 1. The molecule has 8 nitrogen and oxygen atoms in total. The van der Waals surface area contributed by atoms with Crippen LogP contribution in [0, 0.1) is 5.82 Å². The van der Waals surface area contributed by atoms with Crippen LogP contribution in [0.15, 0.2) is 79.5 Å². The van der Waals surface area contributed by atoms with Gasteiger partial charge in [-0.2, -0.15) is 0 Å². The number of carbonyl (C=O) groups is 1. The van der Waals surface area contributed by atoms with Crippen LogP contribution < -0.4 is 15.1 Å². The fraction of sp³-hybridized carbons (Fsp3) is 0.306. The zero-order valence-corrected chi connectivity index (χ0v) is 25.3. The van der Waals surface area contributed by atoms with Crippen LogP contribution >= 0.6 is 0 Å². The number of phenols is 1. The highest BCUT2D eigenvalue weighted by Crippen LogP contribution is 2.34. The van der Waals surface area contributed by atoms with Gasteiger partial charge in [-0.1, -0.05) is 30.8 Å². The summed E-state index contributed by atoms with van der Waals surface area (Å²) in [6.07, 6.45) is 7.16. The number of phenolic OH excluding ortho intramolecular Hbond substituents is 1. The molecule has 0 amide bonds. The van der Waals surface area contributed by atoms with Crippen molar-refractivity contribution >= 4 is 28.8 Å². The SMILES string of the molecule is C=CC(=O)Cc1cccc(-c2nc(Nc3ccc(O)c(N4CCCCC4)c3)ncc2Cc2ccc(N3CCOCC3)c(F)c2)c1. The van der Waals surface area contributed by atoms with Gasteiger partial charge in [0.05, 0.1) is 30.3 Å². The van der Waals surface area contributed by atoms with Crippen LogP contribution in [-0.2, 0) is 22.4 Å². The fourth-order valence-electron chi connectivity index (χ4n) is 6.01. The molecule has 2 N–H and O–H groups in total. The van der Waals surface area contributed by atoms with Crippen molar-refractivity contribution in [3.05, 3.63) is 102 Å². The van der Waals surface area contributed by atoms with E-state index in [4.69, 9.17) is 9.72 Å². The van der Waals surface area contributed by atoms with Gasteiger partial charge in [0.1, 0.15) is 11.6 Å². The van der Waals surface area contributed by atoms with Crippen LogP contribution in [0.25, 0.3) is 11.3 Å². The number of aromatic hydroxyl groups is 1. The Kier molecular flexibility index (Phi) is 9.35. The Morgan fingerprint density at radius 3 is 2.53 bits per heavy atom. The molecule has 3 heterocycles. The number of morpholine rings is 1. The number of anilines is 4. The Balaban J connectivity index is 1.32. The van der Waals surface area contributed by atoms with Crippen LogP contribution in [0.1, 0.15) is 36.0 Å². The molecule has 45 heavy (non-hydrogen) atoms. The highest BCUT2D eigenvalue weighted by Gasteiger charge is 2.18. The summed E-state index contributed by atoms with van der Waals surface area (Å²) in [5.41, 5.74) is 6.13. The number of hydrogen-bond donors (Lipinski definition) is 2. The summed E-state index contributed by atoms with van der Waals surface area (Å²) < 4.78 is 20.7. The zero-order chi connectivity index (χ0) is 31.2. The second kappa shape index (κ2) is 13.9. The monoisotopic (exact) mass is 607 g/mol. The van der Waals surface area contributed by atoms with Crippen LogP contribution in [0.4, 0.5) is 27.4 Å². The largest absolute Gasteiger partial charge is 0.506 e. The number of nitrogens with one attached hydrogen (secondary N) is 1. The summed E-state index contributed by atoms with van der Waals surface area (Å²) in [5.74, 6) is 0.310. The molecule has 2 fully saturated rings. The lowest BCUT2D eigenvalue weighted by Gasteiger charge is -2.29. The Morgan fingerprint density at radius 2 is 1.76 bits per heavy atom. The number of halogens is 1. The highest BCUT2D eigenvalue weighted by atomic mass is 19.1. The Morgan fingerprint density at radius 1 is 0.956 bits per heavy atom. The van der Waals surface area contributed by atoms with Gasteiger partial charge in [0.2, 0.25) is 5.95 Å². The number of ether oxygens (including phenoxy) is 1. The van der Waals surface area contributed by atoms with Gasteiger partial charge in [-0.25, -0.2) is 14.4 Å². The van der Waals surface area contributed by atoms with Crippen LogP contribution in [0.2, 0.25) is 0 Å². The highest BCUT2D eigenvalue weighted by molar-refractivity contribution is 5.91. The van der Waals surface area contributed by atoms with E-state index in [1.54, 1.807) is 24.4 Å². The van der Waals surface area contributed by atoms with E-state index in [0.29, 0.717) is 50.1 Å². The van der Waals surface area contributed by atoms with Crippen LogP contribution in [0.5, 0.6) is 5.75 Å². The lowest BCUT2D eigenvalue weighted by Crippen LogP contribution is -2.36. The molecule has 232 valence electrons. The van der Waals surface area contributed by atoms with E-state index < -0.39 is 0 Å². The van der Waals surface area contributed by atoms with Crippen LogP contribution in [-0.4, -0.2) is 60.3 Å². The molecule has 6 rings (SSSR count). The van der Waals surface area contributed by atoms with Crippen molar-refractivity contribution in [3.63, 3.8) is 0 Å². The first kappa shape index (κ1) is 30.3. The van der Waals surface area contributed by atoms with Gasteiger partial charge < -0.3 is 25.0 Å². The molecule has 2 aliphatic heterocycles. The van der Waals surface area contributed by atoms with Crippen molar-refractivity contribution < 1.29 is 19.0 Å². The molecule has 0 unspecified atom stereocenters. The molecule has 2 aliphatic rings. The zero-order valence-electron chi connectivity index (χ0n) is 25.3. The number of aromatic nitrogens is 2. The van der Waals surface area contributed by atoms with Crippen molar-refractivity contribution in [2.24, 2.45) is 0 Å². The second-order valence-electron chi connectivity index (χ2n) is 11.6. The molecule has 0 saturated carbocycles. The molecule has 2 saturated heterocycles. The molecule has 4 aromatic rings. The lowest BCUT2D eigenvalue weighted by atomic mass is 9.98. The molecular formula is C36H38FN5O3. The maximum atomic E-state index is 15.3. The third-order valence-corrected chi connectivity index (χ3v) is 8.36. The fourth-order valence-corrected chi connectivity index (χ4v) is 6.01. The van der Waals surface area contributed by atoms with E-state index in [1.165, 1.54) is 12.5 Å². The molecule has 0 radical (unpaired) electrons. The molecule has 3 aromatic carbocycles. The topological polar surface area (TPSA) is 90.8 Å². The molecule has 0 atom stereocenters. The van der Waals surface area contributed by atoms with E-state index in [0.717, 1.165) is 59.6 Å². The maximum absolute atomic E-state index is 15.3. The first-order valence-corrected chi connectivity index (χ1v) is 15.5. The van der Waals surface area contributed by atoms with Gasteiger partial charge in [0.25, 0.3) is 0 Å². The van der Waals surface area contributed by atoms with Crippen LogP contribution in [0.3, 0.4) is 0 Å². The number of hydrogen-bond acceptors (Lipinski definition) is 8. The number of ketones is 1. The lowest BCUT2D eigenvalue weighted by molar-refractivity contribution is -0.114. The molecule has 1 aromatic heterocycles. The normalized spacial score (nSPS) is 15.1. The molecule has 9 heteroatoms. The first-order chi connectivity index (χ1) is 22.0. The first-order valence-electron chi connectivity index (χ1n) is 15.5. The van der Waals surface area contributed by atoms with Gasteiger partial charge >= 0.3 is 0 Å². The van der Waals surface area contributed by atoms with Gasteiger partial charge in [-0.3, -0.25) is 4.79 Å². The Labute approximate surface area is 263 Å². The van der Waals surface area contributed by atoms with Crippen molar-refractivity contribution in [2.45, 2.75) is 32.1 Å². The minimum absolute atomic E-state index is 0.0647. The molecule has 0 aliphatic carbocycles. The molecule has 0 bridgehead atoms. The minimum atomic E-state index is -0.267. The maximum Gasteiger partial charge on any atom is 0.227 e. The van der Waals surface area contributed by atoms with Gasteiger partial charge in [0, 0.05) is 62.0 Å². The Bertz CT molecular complexity index is 1680. The quantitative estimate of drug-likeness (QED) is 0.157. The third-order valence-electron chi connectivity index (χ3n) is 8.36. The number of benzene rings is 3. The number of nitrogens with zero attached hydrogens (tertiary/aromatic N) is 4. The predicted molar refractivity (Wildman–Crippen MR) is 176 cm³/mol. The average Bonchev–Trinajstić information content (AvgIpc) is 3.07. The van der Waals surface area contributed by atoms with Crippen molar-refractivity contribution in [1.82, 2.24) is 9.97 Å². The van der Waals surface area contributed by atoms with E-state index >= 15 is 4.39 Å². The van der Waals surface area contributed by atoms with Crippen molar-refractivity contribution in [3.8, 4) is 17.0 Å². The third kappa shape index (κ3) is 7.32. The summed E-state index contributed by atoms with van der Waals surface area (Å²) in [6.45, 7) is 7.91. The summed E-state index contributed by atoms with van der Waals surface area (Å²) in [4.78, 5) is 25.9. The molecule has 0 spiro atoms. The summed E-state index contributed by atoms with van der Waals surface area (Å²) in [6, 6.07) is 18.5. The van der Waals surface area contributed by atoms with Crippen molar-refractivity contribution in [2.75, 3.05) is 54.5 Å². The van der Waals surface area contributed by atoms with E-state index in [1.807, 2.05) is 47.4 Å². The van der Waals surface area contributed by atoms with Crippen molar-refractivity contribution in [1.29, 1.82) is 0 Å². The van der Waals surface area contributed by atoms with E-state index in [2.05, 4.69) is 21.8 Å². The number of allylic oxidation sites excluding steroid dienone is 1. The van der Waals surface area contributed by atoms with Gasteiger partial charge in [-0.15, -0.1) is 0 Å². The predicted octanol–water partition coefficient (Wildman–Crippen LogP) is 6.45. The number of rotatable bonds is 10.